The van der Waals surface area contributed by atoms with Crippen molar-refractivity contribution in [2.45, 2.75) is 19.5 Å². The third-order valence-corrected chi connectivity index (χ3v) is 4.11. The molecule has 2 aliphatic rings. The van der Waals surface area contributed by atoms with E-state index in [9.17, 15) is 4.79 Å². The predicted octanol–water partition coefficient (Wildman–Crippen LogP) is 0.786. The van der Waals surface area contributed by atoms with Gasteiger partial charge in [0.15, 0.2) is 5.17 Å². The van der Waals surface area contributed by atoms with E-state index in [2.05, 4.69) is 17.0 Å². The molecular formula is C15H16N4OS. The Hall–Kier alpha value is -2.08. The number of carbonyl (C=O) groups excluding carboxylic acids is 1. The van der Waals surface area contributed by atoms with Gasteiger partial charge in [0.1, 0.15) is 11.4 Å². The van der Waals surface area contributed by atoms with Crippen LogP contribution in [0.3, 0.4) is 0 Å². The van der Waals surface area contributed by atoms with E-state index in [1.165, 1.54) is 11.8 Å². The average Bonchev–Trinajstić information content (AvgIpc) is 2.44. The molecule has 108 valence electrons. The van der Waals surface area contributed by atoms with Crippen LogP contribution >= 0.6 is 11.8 Å². The van der Waals surface area contributed by atoms with E-state index in [1.807, 2.05) is 38.1 Å². The van der Waals surface area contributed by atoms with Crippen LogP contribution in [0.2, 0.25) is 0 Å². The molecule has 1 amide bonds. The number of thioether (sulfide) groups is 1. The van der Waals surface area contributed by atoms with E-state index < -0.39 is 5.66 Å². The summed E-state index contributed by atoms with van der Waals surface area (Å²) >= 11 is 1.44. The Bertz CT molecular complexity index is 766. The van der Waals surface area contributed by atoms with Crippen LogP contribution in [0.5, 0.6) is 0 Å². The molecule has 0 atom stereocenters. The van der Waals surface area contributed by atoms with Crippen LogP contribution in [0, 0.1) is 0 Å². The lowest BCUT2D eigenvalue weighted by Crippen LogP contribution is -2.56. The van der Waals surface area contributed by atoms with Crippen LogP contribution in [-0.4, -0.2) is 27.5 Å². The fourth-order valence-corrected chi connectivity index (χ4v) is 2.95. The predicted molar refractivity (Wildman–Crippen MR) is 84.8 cm³/mol. The summed E-state index contributed by atoms with van der Waals surface area (Å²) in [6, 6.07) is 7.63. The van der Waals surface area contributed by atoms with Crippen molar-refractivity contribution in [3.8, 4) is 0 Å². The van der Waals surface area contributed by atoms with Crippen LogP contribution < -0.4 is 15.9 Å². The van der Waals surface area contributed by atoms with Crippen LogP contribution in [0.1, 0.15) is 13.8 Å². The molecule has 0 spiro atoms. The number of para-hydroxylation sites is 1. The van der Waals surface area contributed by atoms with Gasteiger partial charge in [-0.15, -0.1) is 11.7 Å². The molecule has 0 aliphatic carbocycles. The van der Waals surface area contributed by atoms with Gasteiger partial charge in [0.25, 0.3) is 5.91 Å². The largest absolute Gasteiger partial charge is 0.298 e. The van der Waals surface area contributed by atoms with Crippen molar-refractivity contribution < 1.29 is 4.79 Å². The number of carbonyl (C=O) groups is 1. The highest BCUT2D eigenvalue weighted by Gasteiger charge is 2.38. The van der Waals surface area contributed by atoms with Crippen molar-refractivity contribution in [2.75, 3.05) is 5.75 Å². The lowest BCUT2D eigenvalue weighted by atomic mass is 10.1. The lowest BCUT2D eigenvalue weighted by Gasteiger charge is -2.38. The maximum absolute atomic E-state index is 12.5. The van der Waals surface area contributed by atoms with Crippen molar-refractivity contribution in [3.05, 3.63) is 47.5 Å². The number of nitrogens with one attached hydrogen (secondary N) is 1. The van der Waals surface area contributed by atoms with Gasteiger partial charge in [-0.25, -0.2) is 5.01 Å². The molecule has 0 saturated carbocycles. The minimum absolute atomic E-state index is 0.146. The molecule has 1 aromatic rings. The third-order valence-electron chi connectivity index (χ3n) is 3.25. The zero-order chi connectivity index (χ0) is 15.0. The number of hydrazone groups is 1. The molecule has 2 aliphatic heterocycles. The number of rotatable bonds is 2. The molecule has 2 heterocycles. The van der Waals surface area contributed by atoms with Gasteiger partial charge < -0.3 is 0 Å². The fraction of sp³-hybridized carbons (Fsp3) is 0.267. The Morgan fingerprint density at radius 2 is 2.19 bits per heavy atom. The molecule has 0 radical (unpaired) electrons. The Morgan fingerprint density at radius 1 is 1.43 bits per heavy atom. The van der Waals surface area contributed by atoms with Gasteiger partial charge in [0, 0.05) is 11.0 Å². The zero-order valence-electron chi connectivity index (χ0n) is 12.0. The second kappa shape index (κ2) is 5.04. The van der Waals surface area contributed by atoms with Gasteiger partial charge in [-0.2, -0.15) is 0 Å². The number of benzene rings is 1. The van der Waals surface area contributed by atoms with Crippen molar-refractivity contribution in [1.29, 1.82) is 0 Å². The van der Waals surface area contributed by atoms with Crippen molar-refractivity contribution in [3.63, 3.8) is 0 Å². The molecule has 21 heavy (non-hydrogen) atoms. The third kappa shape index (κ3) is 2.35. The smallest absolute Gasteiger partial charge is 0.276 e. The quantitative estimate of drug-likeness (QED) is 0.822. The number of amides is 1. The molecule has 0 fully saturated rings. The molecule has 0 unspecified atom stereocenters. The Labute approximate surface area is 127 Å². The average molecular weight is 300 g/mol. The summed E-state index contributed by atoms with van der Waals surface area (Å²) in [7, 11) is 0. The second-order valence-electron chi connectivity index (χ2n) is 5.24. The summed E-state index contributed by atoms with van der Waals surface area (Å²) in [5.41, 5.74) is -0.0462. The summed E-state index contributed by atoms with van der Waals surface area (Å²) in [5, 5.41) is 11.3. The first-order valence-corrected chi connectivity index (χ1v) is 7.64. The van der Waals surface area contributed by atoms with Crippen LogP contribution in [0.25, 0.3) is 5.70 Å². The van der Waals surface area contributed by atoms with E-state index in [0.29, 0.717) is 16.6 Å². The Balaban J connectivity index is 2.20. The van der Waals surface area contributed by atoms with Crippen molar-refractivity contribution in [1.82, 2.24) is 10.3 Å². The zero-order valence-corrected chi connectivity index (χ0v) is 12.8. The Kier molecular flexibility index (Phi) is 3.33. The topological polar surface area (TPSA) is 57.1 Å². The van der Waals surface area contributed by atoms with E-state index in [4.69, 9.17) is 4.99 Å². The van der Waals surface area contributed by atoms with Gasteiger partial charge in [-0.3, -0.25) is 15.1 Å². The second-order valence-corrected chi connectivity index (χ2v) is 6.25. The minimum Gasteiger partial charge on any atom is -0.298 e. The highest BCUT2D eigenvalue weighted by Crippen LogP contribution is 2.27. The monoisotopic (exact) mass is 300 g/mol. The molecule has 0 bridgehead atoms. The molecular weight excluding hydrogens is 284 g/mol. The minimum atomic E-state index is -0.596. The number of amidine groups is 1. The van der Waals surface area contributed by atoms with Crippen molar-refractivity contribution >= 4 is 28.5 Å². The molecule has 5 nitrogen and oxygen atoms in total. The molecule has 1 N–H and O–H groups in total. The summed E-state index contributed by atoms with van der Waals surface area (Å²) in [6.45, 7) is 7.57. The van der Waals surface area contributed by atoms with Gasteiger partial charge in [0.2, 0.25) is 0 Å². The maximum Gasteiger partial charge on any atom is 0.276 e. The molecule has 1 aromatic carbocycles. The number of nitrogens with zero attached hydrogens (tertiary/aromatic N) is 3. The number of hydrogen-bond donors (Lipinski definition) is 1. The van der Waals surface area contributed by atoms with Gasteiger partial charge in [0.05, 0.1) is 5.36 Å². The first kappa shape index (κ1) is 13.9. The summed E-state index contributed by atoms with van der Waals surface area (Å²) in [6.07, 6.45) is 1.78. The van der Waals surface area contributed by atoms with E-state index in [1.54, 1.807) is 11.1 Å². The first-order valence-electron chi connectivity index (χ1n) is 6.66. The maximum atomic E-state index is 12.5. The number of fused-ring (bicyclic) bond motifs is 2. The highest BCUT2D eigenvalue weighted by molar-refractivity contribution is 8.14. The molecule has 6 heteroatoms. The highest BCUT2D eigenvalue weighted by atomic mass is 32.2. The molecule has 0 saturated heterocycles. The lowest BCUT2D eigenvalue weighted by molar-refractivity contribution is -0.116. The fourth-order valence-electron chi connectivity index (χ4n) is 2.37. The first-order chi connectivity index (χ1) is 10.0. The van der Waals surface area contributed by atoms with E-state index >= 15 is 0 Å². The van der Waals surface area contributed by atoms with E-state index in [-0.39, 0.29) is 5.91 Å². The summed E-state index contributed by atoms with van der Waals surface area (Å²) < 4.78 is 0. The SMILES string of the molecule is C=CCSC1=NN2C(=c3ccccc3=NC2(C)C)C(=O)N1. The van der Waals surface area contributed by atoms with Crippen molar-refractivity contribution in [2.24, 2.45) is 10.1 Å². The van der Waals surface area contributed by atoms with Crippen LogP contribution in [-0.2, 0) is 4.79 Å². The van der Waals surface area contributed by atoms with Gasteiger partial charge in [-0.1, -0.05) is 36.0 Å². The normalized spacial score (nSPS) is 19.0. The van der Waals surface area contributed by atoms with Crippen LogP contribution in [0.15, 0.2) is 47.0 Å². The summed E-state index contributed by atoms with van der Waals surface area (Å²) in [5.74, 6) is 0.545. The van der Waals surface area contributed by atoms with Gasteiger partial charge >= 0.3 is 0 Å². The molecule has 3 rings (SSSR count). The standard InChI is InChI=1S/C15H16N4OS/c1-4-9-21-14-16-13(20)12-10-7-5-6-8-11(10)17-15(2,3)19(12)18-14/h4-8H,1,9H2,2-3H3,(H,16,18,20). The molecule has 0 aromatic heterocycles. The summed E-state index contributed by atoms with van der Waals surface area (Å²) in [4.78, 5) is 17.2. The van der Waals surface area contributed by atoms with E-state index in [0.717, 1.165) is 10.6 Å². The van der Waals surface area contributed by atoms with Crippen LogP contribution in [0.4, 0.5) is 0 Å². The Morgan fingerprint density at radius 3 is 2.95 bits per heavy atom. The number of hydrogen-bond acceptors (Lipinski definition) is 5. The van der Waals surface area contributed by atoms with Gasteiger partial charge in [-0.05, 0) is 19.9 Å².